The minimum atomic E-state index is 0.525. The monoisotopic (exact) mass is 183 g/mol. The Kier molecular flexibility index (Phi) is 1.99. The van der Waals surface area contributed by atoms with E-state index >= 15 is 0 Å². The molecule has 2 aromatic rings. The number of nitriles is 1. The standard InChI is InChI=1S/C10H7N4/c1-14-9(5-11)7-13-10(14)8-3-2-4-12-6-8/h2-4,7H,1H3. The van der Waals surface area contributed by atoms with Gasteiger partial charge in [-0.25, -0.2) is 4.98 Å². The Balaban J connectivity index is 2.54. The second-order valence-corrected chi connectivity index (χ2v) is 2.80. The molecule has 0 aromatic carbocycles. The van der Waals surface area contributed by atoms with Crippen LogP contribution >= 0.6 is 0 Å². The fourth-order valence-corrected chi connectivity index (χ4v) is 1.21. The quantitative estimate of drug-likeness (QED) is 0.666. The third kappa shape index (κ3) is 1.25. The van der Waals surface area contributed by atoms with Gasteiger partial charge in [-0.3, -0.25) is 4.98 Å². The van der Waals surface area contributed by atoms with Crippen molar-refractivity contribution in [3.8, 4) is 17.5 Å². The van der Waals surface area contributed by atoms with E-state index in [9.17, 15) is 0 Å². The van der Waals surface area contributed by atoms with E-state index < -0.39 is 0 Å². The predicted molar refractivity (Wildman–Crippen MR) is 50.0 cm³/mol. The summed E-state index contributed by atoms with van der Waals surface area (Å²) in [5.41, 5.74) is 1.31. The summed E-state index contributed by atoms with van der Waals surface area (Å²) in [7, 11) is 1.79. The minimum Gasteiger partial charge on any atom is -0.319 e. The molecule has 2 aromatic heterocycles. The Morgan fingerprint density at radius 1 is 1.57 bits per heavy atom. The Morgan fingerprint density at radius 3 is 3.00 bits per heavy atom. The molecule has 0 amide bonds. The van der Waals surface area contributed by atoms with E-state index in [2.05, 4.69) is 22.2 Å². The number of hydrogen-bond acceptors (Lipinski definition) is 3. The van der Waals surface area contributed by atoms with E-state index in [1.165, 1.54) is 6.20 Å². The summed E-state index contributed by atoms with van der Waals surface area (Å²) in [4.78, 5) is 8.00. The maximum Gasteiger partial charge on any atom is 0.142 e. The second-order valence-electron chi connectivity index (χ2n) is 2.80. The van der Waals surface area contributed by atoms with E-state index in [0.717, 1.165) is 5.56 Å². The van der Waals surface area contributed by atoms with Gasteiger partial charge in [0.25, 0.3) is 0 Å². The Labute approximate surface area is 81.5 Å². The summed E-state index contributed by atoms with van der Waals surface area (Å²) in [5, 5.41) is 8.74. The zero-order valence-electron chi connectivity index (χ0n) is 7.60. The van der Waals surface area contributed by atoms with Crippen LogP contribution in [0.5, 0.6) is 0 Å². The molecule has 1 radical (unpaired) electrons. The first kappa shape index (κ1) is 8.45. The Hall–Kier alpha value is -2.15. The van der Waals surface area contributed by atoms with Crippen LogP contribution in [0.25, 0.3) is 11.4 Å². The van der Waals surface area contributed by atoms with Crippen molar-refractivity contribution in [1.29, 1.82) is 5.26 Å². The molecule has 0 aliphatic rings. The van der Waals surface area contributed by atoms with Crippen molar-refractivity contribution in [2.45, 2.75) is 0 Å². The number of rotatable bonds is 1. The number of aromatic nitrogens is 3. The first-order valence-electron chi connectivity index (χ1n) is 4.08. The first-order chi connectivity index (χ1) is 6.83. The number of hydrogen-bond donors (Lipinski definition) is 0. The van der Waals surface area contributed by atoms with E-state index in [0.29, 0.717) is 11.5 Å². The zero-order chi connectivity index (χ0) is 9.97. The molecule has 2 rings (SSSR count). The Bertz CT molecular complexity index is 479. The van der Waals surface area contributed by atoms with Gasteiger partial charge in [-0.05, 0) is 12.1 Å². The predicted octanol–water partition coefficient (Wildman–Crippen LogP) is 1.15. The van der Waals surface area contributed by atoms with Gasteiger partial charge in [0.2, 0.25) is 0 Å². The molecule has 67 valence electrons. The highest BCUT2D eigenvalue weighted by Gasteiger charge is 2.07. The van der Waals surface area contributed by atoms with Gasteiger partial charge in [0.05, 0.1) is 6.20 Å². The van der Waals surface area contributed by atoms with Crippen LogP contribution in [0.2, 0.25) is 0 Å². The molecule has 0 fully saturated rings. The summed E-state index contributed by atoms with van der Waals surface area (Å²) < 4.78 is 1.72. The topological polar surface area (TPSA) is 54.5 Å². The van der Waals surface area contributed by atoms with E-state index in [1.807, 2.05) is 12.1 Å². The molecule has 0 spiro atoms. The van der Waals surface area contributed by atoms with Crippen molar-refractivity contribution in [2.24, 2.45) is 7.05 Å². The van der Waals surface area contributed by atoms with Gasteiger partial charge in [-0.15, -0.1) is 0 Å². The molecule has 2 heterocycles. The molecule has 0 atom stereocenters. The lowest BCUT2D eigenvalue weighted by molar-refractivity contribution is 0.906. The third-order valence-corrected chi connectivity index (χ3v) is 1.95. The van der Waals surface area contributed by atoms with Crippen molar-refractivity contribution < 1.29 is 0 Å². The molecule has 0 bridgehead atoms. The van der Waals surface area contributed by atoms with Gasteiger partial charge in [-0.2, -0.15) is 5.26 Å². The summed E-state index contributed by atoms with van der Waals surface area (Å²) in [6.45, 7) is 0. The second kappa shape index (κ2) is 3.30. The highest BCUT2D eigenvalue weighted by molar-refractivity contribution is 5.54. The first-order valence-corrected chi connectivity index (χ1v) is 4.08. The summed E-state index contributed by atoms with van der Waals surface area (Å²) in [6, 6.07) is 5.72. The van der Waals surface area contributed by atoms with Crippen LogP contribution < -0.4 is 0 Å². The van der Waals surface area contributed by atoms with Gasteiger partial charge in [-0.1, -0.05) is 0 Å². The van der Waals surface area contributed by atoms with Crippen LogP contribution in [0, 0.1) is 17.5 Å². The van der Waals surface area contributed by atoms with Crippen LogP contribution in [-0.4, -0.2) is 14.5 Å². The van der Waals surface area contributed by atoms with Gasteiger partial charge < -0.3 is 4.57 Å². The van der Waals surface area contributed by atoms with E-state index in [-0.39, 0.29) is 0 Å². The van der Waals surface area contributed by atoms with Crippen LogP contribution in [0.1, 0.15) is 5.69 Å². The molecule has 4 heteroatoms. The lowest BCUT2D eigenvalue weighted by Gasteiger charge is -1.99. The third-order valence-electron chi connectivity index (χ3n) is 1.95. The maximum absolute atomic E-state index is 8.74. The summed E-state index contributed by atoms with van der Waals surface area (Å²) in [6.07, 6.45) is 6.01. The molecule has 0 aliphatic heterocycles. The SMILES string of the molecule is Cn1c(C#N)cnc1-c1[c]nccc1. The zero-order valence-corrected chi connectivity index (χ0v) is 7.60. The van der Waals surface area contributed by atoms with Gasteiger partial charge >= 0.3 is 0 Å². The maximum atomic E-state index is 8.74. The molecule has 0 N–H and O–H groups in total. The molecule has 0 aliphatic carbocycles. The van der Waals surface area contributed by atoms with Gasteiger partial charge in [0, 0.05) is 18.8 Å². The van der Waals surface area contributed by atoms with E-state index in [1.54, 1.807) is 17.8 Å². The summed E-state index contributed by atoms with van der Waals surface area (Å²) in [5.74, 6) is 0.703. The fraction of sp³-hybridized carbons (Fsp3) is 0.100. The molecule has 0 saturated heterocycles. The molecule has 0 unspecified atom stereocenters. The largest absolute Gasteiger partial charge is 0.319 e. The molecular formula is C10H7N4. The van der Waals surface area contributed by atoms with Crippen molar-refractivity contribution >= 4 is 0 Å². The Morgan fingerprint density at radius 2 is 2.43 bits per heavy atom. The molecule has 14 heavy (non-hydrogen) atoms. The van der Waals surface area contributed by atoms with Gasteiger partial charge in [0.1, 0.15) is 23.8 Å². The molecule has 4 nitrogen and oxygen atoms in total. The van der Waals surface area contributed by atoms with Crippen molar-refractivity contribution in [1.82, 2.24) is 14.5 Å². The van der Waals surface area contributed by atoms with Crippen LogP contribution in [0.15, 0.2) is 24.5 Å². The van der Waals surface area contributed by atoms with Gasteiger partial charge in [0.15, 0.2) is 0 Å². The van der Waals surface area contributed by atoms with E-state index in [4.69, 9.17) is 5.26 Å². The lowest BCUT2D eigenvalue weighted by atomic mass is 10.3. The van der Waals surface area contributed by atoms with Crippen LogP contribution in [-0.2, 0) is 7.05 Å². The number of imidazole rings is 1. The smallest absolute Gasteiger partial charge is 0.142 e. The normalized spacial score (nSPS) is 9.71. The molecular weight excluding hydrogens is 176 g/mol. The number of nitrogens with zero attached hydrogens (tertiary/aromatic N) is 4. The van der Waals surface area contributed by atoms with Crippen LogP contribution in [0.3, 0.4) is 0 Å². The average molecular weight is 183 g/mol. The lowest BCUT2D eigenvalue weighted by Crippen LogP contribution is -1.95. The van der Waals surface area contributed by atoms with Crippen molar-refractivity contribution in [3.63, 3.8) is 0 Å². The highest BCUT2D eigenvalue weighted by Crippen LogP contribution is 2.15. The minimum absolute atomic E-state index is 0.525. The van der Waals surface area contributed by atoms with Crippen LogP contribution in [0.4, 0.5) is 0 Å². The summed E-state index contributed by atoms with van der Waals surface area (Å²) >= 11 is 0. The highest BCUT2D eigenvalue weighted by atomic mass is 15.1. The number of pyridine rings is 1. The average Bonchev–Trinajstić information content (AvgIpc) is 2.61. The molecule has 0 saturated carbocycles. The van der Waals surface area contributed by atoms with Crippen molar-refractivity contribution in [3.05, 3.63) is 36.4 Å². The fourth-order valence-electron chi connectivity index (χ4n) is 1.21. The van der Waals surface area contributed by atoms with Crippen molar-refractivity contribution in [2.75, 3.05) is 0 Å².